The zero-order chi connectivity index (χ0) is 17.1. The van der Waals surface area contributed by atoms with Crippen molar-refractivity contribution in [3.8, 4) is 0 Å². The van der Waals surface area contributed by atoms with Crippen LogP contribution in [0.15, 0.2) is 24.4 Å². The number of carbonyl (C=O) groups excluding carboxylic acids is 1. The van der Waals surface area contributed by atoms with Gasteiger partial charge in [-0.15, -0.1) is 0 Å². The van der Waals surface area contributed by atoms with Gasteiger partial charge in [-0.2, -0.15) is 5.10 Å². The van der Waals surface area contributed by atoms with Crippen LogP contribution >= 0.6 is 11.6 Å². The maximum absolute atomic E-state index is 12.0. The number of hydrogen-bond donors (Lipinski definition) is 1. The lowest BCUT2D eigenvalue weighted by atomic mass is 10.2. The first-order chi connectivity index (χ1) is 10.8. The van der Waals surface area contributed by atoms with E-state index in [0.29, 0.717) is 0 Å². The molecule has 0 saturated heterocycles. The van der Waals surface area contributed by atoms with E-state index in [0.717, 1.165) is 16.9 Å². The van der Waals surface area contributed by atoms with Crippen LogP contribution in [0, 0.1) is 27.2 Å². The van der Waals surface area contributed by atoms with Crippen molar-refractivity contribution in [1.82, 2.24) is 9.78 Å². The summed E-state index contributed by atoms with van der Waals surface area (Å²) in [7, 11) is 0. The van der Waals surface area contributed by atoms with Crippen LogP contribution in [0.2, 0.25) is 5.02 Å². The molecule has 2 rings (SSSR count). The standard InChI is InChI=1S/C12H10ClN5O5/c1-7-11(18(22)23)5-14-16(7)6-12(19)15-9-3-2-8(13)4-10(9)17(20)21/h2-5H,6H2,1H3,(H,15,19). The molecule has 1 aromatic carbocycles. The number of amides is 1. The highest BCUT2D eigenvalue weighted by molar-refractivity contribution is 6.31. The average Bonchev–Trinajstić information content (AvgIpc) is 2.82. The number of nitro benzene ring substituents is 1. The number of carbonyl (C=O) groups is 1. The second-order valence-corrected chi connectivity index (χ2v) is 4.93. The number of hydrogen-bond acceptors (Lipinski definition) is 6. The van der Waals surface area contributed by atoms with Crippen molar-refractivity contribution in [1.29, 1.82) is 0 Å². The molecule has 23 heavy (non-hydrogen) atoms. The Labute approximate surface area is 134 Å². The fourth-order valence-corrected chi connectivity index (χ4v) is 2.03. The SMILES string of the molecule is Cc1c([N+](=O)[O-])cnn1CC(=O)Nc1ccc(Cl)cc1[N+](=O)[O-]. The van der Waals surface area contributed by atoms with E-state index in [9.17, 15) is 25.0 Å². The third-order valence-corrected chi connectivity index (χ3v) is 3.23. The van der Waals surface area contributed by atoms with Gasteiger partial charge in [-0.25, -0.2) is 0 Å². The topological polar surface area (TPSA) is 133 Å². The number of benzene rings is 1. The molecule has 0 radical (unpaired) electrons. The smallest absolute Gasteiger partial charge is 0.309 e. The number of nitro groups is 2. The van der Waals surface area contributed by atoms with Crippen molar-refractivity contribution < 1.29 is 14.6 Å². The van der Waals surface area contributed by atoms with Gasteiger partial charge in [-0.1, -0.05) is 11.6 Å². The maximum atomic E-state index is 12.0. The molecule has 0 fully saturated rings. The predicted octanol–water partition coefficient (Wildman–Crippen LogP) is 2.30. The summed E-state index contributed by atoms with van der Waals surface area (Å²) >= 11 is 5.69. The van der Waals surface area contributed by atoms with Crippen LogP contribution in [0.4, 0.5) is 17.1 Å². The zero-order valence-electron chi connectivity index (χ0n) is 11.7. The summed E-state index contributed by atoms with van der Waals surface area (Å²) in [6, 6.07) is 3.81. The van der Waals surface area contributed by atoms with E-state index in [1.54, 1.807) is 0 Å². The molecule has 1 aromatic heterocycles. The van der Waals surface area contributed by atoms with Gasteiger partial charge in [0, 0.05) is 11.1 Å². The quantitative estimate of drug-likeness (QED) is 0.656. The van der Waals surface area contributed by atoms with Gasteiger partial charge in [-0.05, 0) is 19.1 Å². The van der Waals surface area contributed by atoms with Gasteiger partial charge in [-0.3, -0.25) is 29.7 Å². The Bertz CT molecular complexity index is 803. The fourth-order valence-electron chi connectivity index (χ4n) is 1.86. The molecule has 11 heteroatoms. The minimum Gasteiger partial charge on any atom is -0.319 e. The van der Waals surface area contributed by atoms with Crippen molar-refractivity contribution in [3.63, 3.8) is 0 Å². The second-order valence-electron chi connectivity index (χ2n) is 4.50. The van der Waals surface area contributed by atoms with Gasteiger partial charge in [0.25, 0.3) is 5.69 Å². The molecule has 10 nitrogen and oxygen atoms in total. The molecule has 0 bridgehead atoms. The lowest BCUT2D eigenvalue weighted by Crippen LogP contribution is -2.20. The number of nitrogens with one attached hydrogen (secondary N) is 1. The Morgan fingerprint density at radius 3 is 2.52 bits per heavy atom. The zero-order valence-corrected chi connectivity index (χ0v) is 12.5. The first-order valence-electron chi connectivity index (χ1n) is 6.20. The number of anilines is 1. The van der Waals surface area contributed by atoms with Crippen molar-refractivity contribution in [2.75, 3.05) is 5.32 Å². The molecule has 0 spiro atoms. The Morgan fingerprint density at radius 1 is 1.30 bits per heavy atom. The highest BCUT2D eigenvalue weighted by atomic mass is 35.5. The summed E-state index contributed by atoms with van der Waals surface area (Å²) in [5, 5.41) is 28.0. The molecule has 1 amide bonds. The predicted molar refractivity (Wildman–Crippen MR) is 80.4 cm³/mol. The molecule has 2 aromatic rings. The largest absolute Gasteiger partial charge is 0.319 e. The Kier molecular flexibility index (Phi) is 4.55. The monoisotopic (exact) mass is 339 g/mol. The van der Waals surface area contributed by atoms with E-state index in [4.69, 9.17) is 11.6 Å². The third kappa shape index (κ3) is 3.61. The second kappa shape index (κ2) is 6.40. The van der Waals surface area contributed by atoms with Gasteiger partial charge < -0.3 is 5.32 Å². The minimum atomic E-state index is -0.675. The van der Waals surface area contributed by atoms with Crippen LogP contribution in [0.3, 0.4) is 0 Å². The summed E-state index contributed by atoms with van der Waals surface area (Å²) in [5.41, 5.74) is -0.385. The molecule has 0 atom stereocenters. The van der Waals surface area contributed by atoms with Crippen molar-refractivity contribution in [2.45, 2.75) is 13.5 Å². The summed E-state index contributed by atoms with van der Waals surface area (Å²) in [4.78, 5) is 32.4. The van der Waals surface area contributed by atoms with Crippen molar-refractivity contribution >= 4 is 34.6 Å². The molecular weight excluding hydrogens is 330 g/mol. The Balaban J connectivity index is 2.18. The summed E-state index contributed by atoms with van der Waals surface area (Å²) in [6.07, 6.45) is 1.04. The van der Waals surface area contributed by atoms with Gasteiger partial charge in [0.05, 0.1) is 9.85 Å². The molecular formula is C12H10ClN5O5. The van der Waals surface area contributed by atoms with Crippen LogP contribution in [-0.2, 0) is 11.3 Å². The van der Waals surface area contributed by atoms with Gasteiger partial charge in [0.1, 0.15) is 24.1 Å². The van der Waals surface area contributed by atoms with Gasteiger partial charge in [0.2, 0.25) is 5.91 Å². The lowest BCUT2D eigenvalue weighted by molar-refractivity contribution is -0.385. The van der Waals surface area contributed by atoms with Crippen LogP contribution in [0.5, 0.6) is 0 Å². The molecule has 1 N–H and O–H groups in total. The van der Waals surface area contributed by atoms with Crippen LogP contribution < -0.4 is 5.32 Å². The molecule has 0 unspecified atom stereocenters. The first kappa shape index (κ1) is 16.4. The Morgan fingerprint density at radius 2 is 1.96 bits per heavy atom. The van der Waals surface area contributed by atoms with Gasteiger partial charge >= 0.3 is 5.69 Å². The molecule has 0 aliphatic heterocycles. The van der Waals surface area contributed by atoms with Crippen LogP contribution in [0.25, 0.3) is 0 Å². The summed E-state index contributed by atoms with van der Waals surface area (Å²) in [5.74, 6) is -0.614. The van der Waals surface area contributed by atoms with Crippen LogP contribution in [0.1, 0.15) is 5.69 Å². The van der Waals surface area contributed by atoms with Gasteiger partial charge in [0.15, 0.2) is 0 Å². The van der Waals surface area contributed by atoms with E-state index in [-0.39, 0.29) is 34.3 Å². The van der Waals surface area contributed by atoms with E-state index < -0.39 is 15.8 Å². The number of halogens is 1. The minimum absolute atomic E-state index is 0.0243. The van der Waals surface area contributed by atoms with E-state index >= 15 is 0 Å². The Hall–Kier alpha value is -3.01. The highest BCUT2D eigenvalue weighted by Crippen LogP contribution is 2.27. The number of rotatable bonds is 5. The molecule has 0 saturated carbocycles. The van der Waals surface area contributed by atoms with Crippen LogP contribution in [-0.4, -0.2) is 25.5 Å². The van der Waals surface area contributed by atoms with Crippen molar-refractivity contribution in [2.24, 2.45) is 0 Å². The number of aromatic nitrogens is 2. The lowest BCUT2D eigenvalue weighted by Gasteiger charge is -2.07. The van der Waals surface area contributed by atoms with Crippen molar-refractivity contribution in [3.05, 3.63) is 55.3 Å². The molecule has 120 valence electrons. The normalized spacial score (nSPS) is 10.3. The average molecular weight is 340 g/mol. The number of nitrogens with zero attached hydrogens (tertiary/aromatic N) is 4. The molecule has 1 heterocycles. The first-order valence-corrected chi connectivity index (χ1v) is 6.58. The highest BCUT2D eigenvalue weighted by Gasteiger charge is 2.20. The molecule has 0 aliphatic carbocycles. The summed E-state index contributed by atoms with van der Waals surface area (Å²) < 4.78 is 1.13. The molecule has 0 aliphatic rings. The van der Waals surface area contributed by atoms with E-state index in [1.807, 2.05) is 0 Å². The maximum Gasteiger partial charge on any atom is 0.309 e. The fraction of sp³-hybridized carbons (Fsp3) is 0.167. The van der Waals surface area contributed by atoms with E-state index in [2.05, 4.69) is 10.4 Å². The van der Waals surface area contributed by atoms with E-state index in [1.165, 1.54) is 19.1 Å². The summed E-state index contributed by atoms with van der Waals surface area (Å²) in [6.45, 7) is 1.13. The third-order valence-electron chi connectivity index (χ3n) is 3.00.